The van der Waals surface area contributed by atoms with Gasteiger partial charge in [-0.1, -0.05) is 6.07 Å². The zero-order valence-corrected chi connectivity index (χ0v) is 10.0. The molecule has 17 heavy (non-hydrogen) atoms. The molecule has 4 heteroatoms. The molecular weight excluding hydrogens is 212 g/mol. The van der Waals surface area contributed by atoms with E-state index in [1.165, 1.54) is 18.4 Å². The van der Waals surface area contributed by atoms with Crippen molar-refractivity contribution in [1.29, 1.82) is 0 Å². The fourth-order valence-corrected chi connectivity index (χ4v) is 2.74. The van der Waals surface area contributed by atoms with Crippen molar-refractivity contribution in [1.82, 2.24) is 20.6 Å². The molecule has 1 fully saturated rings. The van der Waals surface area contributed by atoms with Gasteiger partial charge in [0.2, 0.25) is 0 Å². The van der Waals surface area contributed by atoms with Crippen LogP contribution in [0, 0.1) is 0 Å². The lowest BCUT2D eigenvalue weighted by molar-refractivity contribution is 0.441. The van der Waals surface area contributed by atoms with Crippen LogP contribution in [0.1, 0.15) is 24.4 Å². The standard InChI is InChI=1S/C13H18N4/c1-14-13(11-3-2-6-15-11)9-4-5-10-12(7-9)17-8-16-10/h4-5,7-8,11,13-15H,2-3,6H2,1H3,(H,16,17). The van der Waals surface area contributed by atoms with E-state index in [-0.39, 0.29) is 0 Å². The van der Waals surface area contributed by atoms with Gasteiger partial charge in [-0.25, -0.2) is 4.98 Å². The summed E-state index contributed by atoms with van der Waals surface area (Å²) in [5, 5.41) is 6.98. The Morgan fingerprint density at radius 3 is 3.18 bits per heavy atom. The molecule has 0 amide bonds. The first-order chi connectivity index (χ1) is 8.38. The monoisotopic (exact) mass is 230 g/mol. The minimum absolute atomic E-state index is 0.380. The molecule has 0 aliphatic carbocycles. The second-order valence-electron chi connectivity index (χ2n) is 4.65. The van der Waals surface area contributed by atoms with E-state index in [0.29, 0.717) is 12.1 Å². The molecule has 0 saturated carbocycles. The number of nitrogens with one attached hydrogen (secondary N) is 3. The van der Waals surface area contributed by atoms with Gasteiger partial charge in [-0.2, -0.15) is 0 Å². The molecule has 2 unspecified atom stereocenters. The number of imidazole rings is 1. The Kier molecular flexibility index (Phi) is 2.82. The van der Waals surface area contributed by atoms with Crippen molar-refractivity contribution in [3.05, 3.63) is 30.1 Å². The summed E-state index contributed by atoms with van der Waals surface area (Å²) >= 11 is 0. The Morgan fingerprint density at radius 1 is 1.47 bits per heavy atom. The second kappa shape index (κ2) is 4.47. The van der Waals surface area contributed by atoms with Crippen molar-refractivity contribution in [3.8, 4) is 0 Å². The summed E-state index contributed by atoms with van der Waals surface area (Å²) in [6, 6.07) is 7.37. The third-order valence-electron chi connectivity index (χ3n) is 3.62. The van der Waals surface area contributed by atoms with Gasteiger partial charge in [0.25, 0.3) is 0 Å². The normalized spacial score (nSPS) is 22.1. The van der Waals surface area contributed by atoms with Gasteiger partial charge < -0.3 is 15.6 Å². The summed E-state index contributed by atoms with van der Waals surface area (Å²) in [6.45, 7) is 1.13. The highest BCUT2D eigenvalue weighted by Gasteiger charge is 2.24. The summed E-state index contributed by atoms with van der Waals surface area (Å²) in [4.78, 5) is 7.42. The zero-order chi connectivity index (χ0) is 11.7. The number of hydrogen-bond donors (Lipinski definition) is 3. The minimum Gasteiger partial charge on any atom is -0.345 e. The molecule has 2 aromatic rings. The Morgan fingerprint density at radius 2 is 2.41 bits per heavy atom. The van der Waals surface area contributed by atoms with Crippen LogP contribution >= 0.6 is 0 Å². The Bertz CT molecular complexity index is 499. The summed E-state index contributed by atoms with van der Waals surface area (Å²) in [5.74, 6) is 0. The van der Waals surface area contributed by atoms with E-state index in [4.69, 9.17) is 0 Å². The molecule has 90 valence electrons. The Labute approximate surface area is 101 Å². The molecule has 2 atom stereocenters. The Hall–Kier alpha value is -1.39. The summed E-state index contributed by atoms with van der Waals surface area (Å²) in [6.07, 6.45) is 4.26. The van der Waals surface area contributed by atoms with Gasteiger partial charge in [-0.15, -0.1) is 0 Å². The second-order valence-corrected chi connectivity index (χ2v) is 4.65. The van der Waals surface area contributed by atoms with Gasteiger partial charge in [-0.3, -0.25) is 0 Å². The van der Waals surface area contributed by atoms with Crippen LogP contribution in [0.5, 0.6) is 0 Å². The lowest BCUT2D eigenvalue weighted by atomic mass is 9.98. The molecule has 0 bridgehead atoms. The van der Waals surface area contributed by atoms with E-state index in [1.807, 2.05) is 7.05 Å². The molecule has 0 spiro atoms. The lowest BCUT2D eigenvalue weighted by Gasteiger charge is -2.23. The number of aromatic amines is 1. The Balaban J connectivity index is 1.93. The number of likely N-dealkylation sites (N-methyl/N-ethyl adjacent to an activating group) is 1. The smallest absolute Gasteiger partial charge is 0.0931 e. The highest BCUT2D eigenvalue weighted by molar-refractivity contribution is 5.75. The fourth-order valence-electron chi connectivity index (χ4n) is 2.74. The number of H-pyrrole nitrogens is 1. The zero-order valence-electron chi connectivity index (χ0n) is 10.0. The molecule has 1 aromatic carbocycles. The number of fused-ring (bicyclic) bond motifs is 1. The molecule has 0 radical (unpaired) electrons. The third-order valence-corrected chi connectivity index (χ3v) is 3.62. The predicted octanol–water partition coefficient (Wildman–Crippen LogP) is 1.58. The first-order valence-corrected chi connectivity index (χ1v) is 6.22. The molecule has 3 rings (SSSR count). The van der Waals surface area contributed by atoms with Crippen molar-refractivity contribution in [2.45, 2.75) is 24.9 Å². The van der Waals surface area contributed by atoms with Crippen LogP contribution in [0.25, 0.3) is 11.0 Å². The largest absolute Gasteiger partial charge is 0.345 e. The van der Waals surface area contributed by atoms with E-state index in [2.05, 4.69) is 38.8 Å². The van der Waals surface area contributed by atoms with Gasteiger partial charge in [-0.05, 0) is 44.1 Å². The number of benzene rings is 1. The molecule has 4 nitrogen and oxygen atoms in total. The molecule has 2 heterocycles. The van der Waals surface area contributed by atoms with Crippen molar-refractivity contribution in [2.75, 3.05) is 13.6 Å². The SMILES string of the molecule is CNC(c1ccc2nc[nH]c2c1)C1CCCN1. The van der Waals surface area contributed by atoms with Crippen molar-refractivity contribution >= 4 is 11.0 Å². The van der Waals surface area contributed by atoms with E-state index in [9.17, 15) is 0 Å². The predicted molar refractivity (Wildman–Crippen MR) is 68.9 cm³/mol. The van der Waals surface area contributed by atoms with E-state index in [1.54, 1.807) is 6.33 Å². The van der Waals surface area contributed by atoms with Gasteiger partial charge in [0, 0.05) is 12.1 Å². The van der Waals surface area contributed by atoms with Gasteiger partial charge in [0.1, 0.15) is 0 Å². The van der Waals surface area contributed by atoms with Gasteiger partial charge >= 0.3 is 0 Å². The highest BCUT2D eigenvalue weighted by atomic mass is 15.0. The average molecular weight is 230 g/mol. The molecule has 1 aliphatic heterocycles. The van der Waals surface area contributed by atoms with E-state index < -0.39 is 0 Å². The third kappa shape index (κ3) is 1.94. The van der Waals surface area contributed by atoms with E-state index in [0.717, 1.165) is 17.6 Å². The maximum atomic E-state index is 4.25. The maximum absolute atomic E-state index is 4.25. The van der Waals surface area contributed by atoms with Crippen molar-refractivity contribution < 1.29 is 0 Å². The van der Waals surface area contributed by atoms with Crippen molar-refractivity contribution in [2.24, 2.45) is 0 Å². The number of nitrogens with zero attached hydrogens (tertiary/aromatic N) is 1. The fraction of sp³-hybridized carbons (Fsp3) is 0.462. The van der Waals surface area contributed by atoms with Crippen LogP contribution < -0.4 is 10.6 Å². The van der Waals surface area contributed by atoms with Crippen molar-refractivity contribution in [3.63, 3.8) is 0 Å². The van der Waals surface area contributed by atoms with Gasteiger partial charge in [0.15, 0.2) is 0 Å². The highest BCUT2D eigenvalue weighted by Crippen LogP contribution is 2.24. The molecule has 1 saturated heterocycles. The summed E-state index contributed by atoms with van der Waals surface area (Å²) < 4.78 is 0. The molecule has 3 N–H and O–H groups in total. The number of hydrogen-bond acceptors (Lipinski definition) is 3. The first-order valence-electron chi connectivity index (χ1n) is 6.22. The quantitative estimate of drug-likeness (QED) is 0.750. The van der Waals surface area contributed by atoms with Crippen LogP contribution in [0.3, 0.4) is 0 Å². The van der Waals surface area contributed by atoms with Gasteiger partial charge in [0.05, 0.1) is 17.4 Å². The maximum Gasteiger partial charge on any atom is 0.0931 e. The van der Waals surface area contributed by atoms with Crippen LogP contribution in [0.4, 0.5) is 0 Å². The molecule has 1 aliphatic rings. The summed E-state index contributed by atoms with van der Waals surface area (Å²) in [7, 11) is 2.03. The lowest BCUT2D eigenvalue weighted by Crippen LogP contribution is -2.36. The number of aromatic nitrogens is 2. The number of rotatable bonds is 3. The van der Waals surface area contributed by atoms with Crippen LogP contribution in [-0.2, 0) is 0 Å². The first kappa shape index (κ1) is 10.7. The van der Waals surface area contributed by atoms with Crippen LogP contribution in [0.2, 0.25) is 0 Å². The minimum atomic E-state index is 0.380. The van der Waals surface area contributed by atoms with Crippen LogP contribution in [-0.4, -0.2) is 29.6 Å². The van der Waals surface area contributed by atoms with E-state index >= 15 is 0 Å². The average Bonchev–Trinajstić information content (AvgIpc) is 2.99. The van der Waals surface area contributed by atoms with Crippen LogP contribution in [0.15, 0.2) is 24.5 Å². The molecular formula is C13H18N4. The topological polar surface area (TPSA) is 52.7 Å². The molecule has 1 aromatic heterocycles. The summed E-state index contributed by atoms with van der Waals surface area (Å²) in [5.41, 5.74) is 3.47.